The van der Waals surface area contributed by atoms with Crippen molar-refractivity contribution in [3.05, 3.63) is 111 Å². The van der Waals surface area contributed by atoms with E-state index in [2.05, 4.69) is 14.8 Å². The molecule has 0 atom stereocenters. The van der Waals surface area contributed by atoms with Gasteiger partial charge in [-0.25, -0.2) is 16.8 Å². The third-order valence-corrected chi connectivity index (χ3v) is 10.00. The standard InChI is InChI=1S/C27H22Cl3N3O5S2/c1-16-5-3-7-23(17(16)2)32-40(37,38)25-15-18(9-14-21(25)28)27(34)31-19-10-12-20(13-11-19)39(35,36)33-24-8-4-6-22(29)26(24)30/h3-15,32-33H,1-2H3,(H,31,34). The minimum Gasteiger partial charge on any atom is -0.322 e. The zero-order chi connectivity index (χ0) is 29.2. The van der Waals surface area contributed by atoms with Crippen LogP contribution in [0.4, 0.5) is 17.1 Å². The van der Waals surface area contributed by atoms with Gasteiger partial charge in [0.05, 0.1) is 31.3 Å². The molecule has 0 unspecified atom stereocenters. The van der Waals surface area contributed by atoms with Gasteiger partial charge in [0.15, 0.2) is 0 Å². The van der Waals surface area contributed by atoms with Gasteiger partial charge in [0.2, 0.25) is 0 Å². The Morgan fingerprint density at radius 1 is 0.700 bits per heavy atom. The summed E-state index contributed by atoms with van der Waals surface area (Å²) in [6.07, 6.45) is 0. The molecule has 208 valence electrons. The van der Waals surface area contributed by atoms with Crippen LogP contribution >= 0.6 is 34.8 Å². The molecule has 40 heavy (non-hydrogen) atoms. The molecule has 0 aromatic heterocycles. The molecule has 4 aromatic carbocycles. The van der Waals surface area contributed by atoms with Crippen LogP contribution in [0.25, 0.3) is 0 Å². The lowest BCUT2D eigenvalue weighted by molar-refractivity contribution is 0.102. The van der Waals surface area contributed by atoms with Crippen molar-refractivity contribution in [3.63, 3.8) is 0 Å². The molecule has 0 bridgehead atoms. The fraction of sp³-hybridized carbons (Fsp3) is 0.0741. The van der Waals surface area contributed by atoms with Crippen LogP contribution in [-0.4, -0.2) is 22.7 Å². The van der Waals surface area contributed by atoms with Gasteiger partial charge >= 0.3 is 0 Å². The van der Waals surface area contributed by atoms with E-state index in [9.17, 15) is 21.6 Å². The Kier molecular flexibility index (Phi) is 8.67. The molecule has 0 fully saturated rings. The van der Waals surface area contributed by atoms with Gasteiger partial charge in [0.1, 0.15) is 4.90 Å². The highest BCUT2D eigenvalue weighted by atomic mass is 35.5. The Morgan fingerprint density at radius 3 is 2.02 bits per heavy atom. The van der Waals surface area contributed by atoms with Crippen LogP contribution < -0.4 is 14.8 Å². The van der Waals surface area contributed by atoms with E-state index in [4.69, 9.17) is 34.8 Å². The van der Waals surface area contributed by atoms with E-state index in [1.165, 1.54) is 54.6 Å². The molecule has 1 amide bonds. The van der Waals surface area contributed by atoms with Gasteiger partial charge in [-0.2, -0.15) is 0 Å². The van der Waals surface area contributed by atoms with Crippen molar-refractivity contribution in [1.82, 2.24) is 0 Å². The molecule has 3 N–H and O–H groups in total. The Hall–Kier alpha value is -3.28. The van der Waals surface area contributed by atoms with Crippen molar-refractivity contribution in [2.45, 2.75) is 23.6 Å². The van der Waals surface area contributed by atoms with E-state index in [1.54, 1.807) is 25.1 Å². The Balaban J connectivity index is 1.52. The highest BCUT2D eigenvalue weighted by Gasteiger charge is 2.22. The predicted molar refractivity (Wildman–Crippen MR) is 160 cm³/mol. The summed E-state index contributed by atoms with van der Waals surface area (Å²) in [4.78, 5) is 12.6. The molecule has 0 saturated carbocycles. The first kappa shape index (κ1) is 29.7. The van der Waals surface area contributed by atoms with Crippen LogP contribution in [0.5, 0.6) is 0 Å². The number of sulfonamides is 2. The fourth-order valence-corrected chi connectivity index (χ4v) is 6.74. The second kappa shape index (κ2) is 11.7. The van der Waals surface area contributed by atoms with Crippen molar-refractivity contribution in [2.75, 3.05) is 14.8 Å². The second-order valence-electron chi connectivity index (χ2n) is 8.68. The lowest BCUT2D eigenvalue weighted by Gasteiger charge is -2.14. The first-order valence-corrected chi connectivity index (χ1v) is 15.7. The first-order chi connectivity index (χ1) is 18.8. The van der Waals surface area contributed by atoms with Crippen molar-refractivity contribution in [1.29, 1.82) is 0 Å². The summed E-state index contributed by atoms with van der Waals surface area (Å²) >= 11 is 18.2. The summed E-state index contributed by atoms with van der Waals surface area (Å²) in [5.74, 6) is -0.626. The molecule has 0 radical (unpaired) electrons. The third kappa shape index (κ3) is 6.54. The van der Waals surface area contributed by atoms with E-state index in [-0.39, 0.29) is 41.8 Å². The largest absolute Gasteiger partial charge is 0.322 e. The maximum Gasteiger partial charge on any atom is 0.263 e. The first-order valence-electron chi connectivity index (χ1n) is 11.6. The number of halogens is 3. The average molecular weight is 639 g/mol. The quantitative estimate of drug-likeness (QED) is 0.190. The number of rotatable bonds is 8. The summed E-state index contributed by atoms with van der Waals surface area (Å²) in [7, 11) is -8.12. The number of benzene rings is 4. The van der Waals surface area contributed by atoms with E-state index >= 15 is 0 Å². The molecule has 13 heteroatoms. The molecule has 0 aliphatic heterocycles. The predicted octanol–water partition coefficient (Wildman–Crippen LogP) is 7.12. The average Bonchev–Trinajstić information content (AvgIpc) is 2.89. The normalized spacial score (nSPS) is 11.6. The molecule has 0 aliphatic carbocycles. The highest BCUT2D eigenvalue weighted by molar-refractivity contribution is 7.93. The molecular weight excluding hydrogens is 617 g/mol. The summed E-state index contributed by atoms with van der Waals surface area (Å²) in [6, 6.07) is 19.0. The van der Waals surface area contributed by atoms with Crippen LogP contribution in [0.15, 0.2) is 88.7 Å². The van der Waals surface area contributed by atoms with E-state index < -0.39 is 26.0 Å². The van der Waals surface area contributed by atoms with Crippen molar-refractivity contribution in [2.24, 2.45) is 0 Å². The zero-order valence-electron chi connectivity index (χ0n) is 21.0. The van der Waals surface area contributed by atoms with Crippen molar-refractivity contribution < 1.29 is 21.6 Å². The minimum atomic E-state index is -4.12. The summed E-state index contributed by atoms with van der Waals surface area (Å²) in [5, 5.41) is 2.81. The lowest BCUT2D eigenvalue weighted by atomic mass is 10.1. The molecule has 0 saturated heterocycles. The van der Waals surface area contributed by atoms with E-state index in [0.717, 1.165) is 11.1 Å². The van der Waals surface area contributed by atoms with Crippen LogP contribution in [-0.2, 0) is 20.0 Å². The smallest absolute Gasteiger partial charge is 0.263 e. The van der Waals surface area contributed by atoms with E-state index in [0.29, 0.717) is 5.69 Å². The summed E-state index contributed by atoms with van der Waals surface area (Å²) < 4.78 is 56.7. The number of aryl methyl sites for hydroxylation is 1. The number of carbonyl (C=O) groups excluding carboxylic acids is 1. The number of anilines is 3. The van der Waals surface area contributed by atoms with Crippen molar-refractivity contribution in [3.8, 4) is 0 Å². The van der Waals surface area contributed by atoms with Crippen LogP contribution in [0.2, 0.25) is 15.1 Å². The molecular formula is C27H22Cl3N3O5S2. The van der Waals surface area contributed by atoms with Gasteiger partial charge in [-0.15, -0.1) is 0 Å². The number of carbonyl (C=O) groups is 1. The Bertz CT molecular complexity index is 1830. The molecule has 0 aliphatic rings. The zero-order valence-corrected chi connectivity index (χ0v) is 24.9. The topological polar surface area (TPSA) is 121 Å². The Labute approximate surface area is 247 Å². The van der Waals surface area contributed by atoms with Gasteiger partial charge in [0, 0.05) is 11.3 Å². The van der Waals surface area contributed by atoms with Crippen LogP contribution in [0, 0.1) is 13.8 Å². The van der Waals surface area contributed by atoms with Crippen LogP contribution in [0.3, 0.4) is 0 Å². The van der Waals surface area contributed by atoms with Gasteiger partial charge in [0.25, 0.3) is 26.0 Å². The molecule has 4 rings (SSSR count). The minimum absolute atomic E-state index is 0.0275. The lowest BCUT2D eigenvalue weighted by Crippen LogP contribution is -2.17. The van der Waals surface area contributed by atoms with E-state index in [1.807, 2.05) is 13.0 Å². The maximum atomic E-state index is 13.1. The monoisotopic (exact) mass is 637 g/mol. The van der Waals surface area contributed by atoms with Gasteiger partial charge in [-0.1, -0.05) is 53.0 Å². The number of hydrogen-bond acceptors (Lipinski definition) is 5. The van der Waals surface area contributed by atoms with Gasteiger partial charge < -0.3 is 5.32 Å². The molecule has 0 spiro atoms. The number of amides is 1. The molecule has 8 nitrogen and oxygen atoms in total. The van der Waals surface area contributed by atoms with Gasteiger partial charge in [-0.3, -0.25) is 14.2 Å². The van der Waals surface area contributed by atoms with Gasteiger partial charge in [-0.05, 0) is 85.6 Å². The second-order valence-corrected chi connectivity index (χ2v) is 13.2. The SMILES string of the molecule is Cc1cccc(NS(=O)(=O)c2cc(C(=O)Nc3ccc(S(=O)(=O)Nc4cccc(Cl)c4Cl)cc3)ccc2Cl)c1C. The summed E-state index contributed by atoms with van der Waals surface area (Å²) in [6.45, 7) is 3.65. The third-order valence-electron chi connectivity index (χ3n) is 5.95. The summed E-state index contributed by atoms with van der Waals surface area (Å²) in [5.41, 5.74) is 2.48. The number of nitrogens with one attached hydrogen (secondary N) is 3. The van der Waals surface area contributed by atoms with Crippen molar-refractivity contribution >= 4 is 77.8 Å². The number of hydrogen-bond donors (Lipinski definition) is 3. The fourth-order valence-electron chi connectivity index (χ4n) is 3.62. The molecule has 4 aromatic rings. The van der Waals surface area contributed by atoms with Crippen LogP contribution in [0.1, 0.15) is 21.5 Å². The maximum absolute atomic E-state index is 13.1. The Morgan fingerprint density at radius 2 is 1.32 bits per heavy atom. The molecule has 0 heterocycles. The highest BCUT2D eigenvalue weighted by Crippen LogP contribution is 2.31.